The minimum absolute atomic E-state index is 0.178. The lowest BCUT2D eigenvalue weighted by molar-refractivity contribution is 0.288. The van der Waals surface area contributed by atoms with Crippen molar-refractivity contribution in [2.45, 2.75) is 39.7 Å². The molecule has 0 fully saturated rings. The van der Waals surface area contributed by atoms with Crippen LogP contribution in [-0.2, 0) is 6.42 Å². The van der Waals surface area contributed by atoms with E-state index in [9.17, 15) is 0 Å². The molecular weight excluding hydrogens is 230 g/mol. The van der Waals surface area contributed by atoms with Gasteiger partial charge in [-0.15, -0.1) is 0 Å². The molecule has 18 heavy (non-hydrogen) atoms. The van der Waals surface area contributed by atoms with Crippen molar-refractivity contribution in [1.29, 1.82) is 0 Å². The fraction of sp³-hybridized carbons (Fsp3) is 0.667. The van der Waals surface area contributed by atoms with Crippen LogP contribution in [0.4, 0.5) is 11.6 Å². The summed E-state index contributed by atoms with van der Waals surface area (Å²) >= 11 is 0. The Morgan fingerprint density at radius 3 is 2.67 bits per heavy atom. The largest absolute Gasteiger partial charge is 0.396 e. The van der Waals surface area contributed by atoms with E-state index in [-0.39, 0.29) is 6.61 Å². The standard InChI is InChI=1S/C12H23N5O/c1-4-10-11(16-13)14-8-15-12(10)17(9(2)3)6-5-7-18/h8-9,18H,4-7,13H2,1-3H3,(H,14,15,16). The smallest absolute Gasteiger partial charge is 0.148 e. The van der Waals surface area contributed by atoms with Gasteiger partial charge in [0.05, 0.1) is 0 Å². The summed E-state index contributed by atoms with van der Waals surface area (Å²) in [6, 6.07) is 0.308. The molecule has 0 aliphatic heterocycles. The quantitative estimate of drug-likeness (QED) is 0.495. The monoisotopic (exact) mass is 253 g/mol. The Morgan fingerprint density at radius 2 is 2.17 bits per heavy atom. The molecule has 6 heteroatoms. The van der Waals surface area contributed by atoms with Crippen LogP contribution in [0, 0.1) is 0 Å². The minimum atomic E-state index is 0.178. The molecule has 1 aromatic heterocycles. The first-order valence-electron chi connectivity index (χ1n) is 6.33. The maximum Gasteiger partial charge on any atom is 0.148 e. The Kier molecular flexibility index (Phi) is 5.80. The van der Waals surface area contributed by atoms with Gasteiger partial charge >= 0.3 is 0 Å². The van der Waals surface area contributed by atoms with Crippen LogP contribution in [0.25, 0.3) is 0 Å². The Morgan fingerprint density at radius 1 is 1.44 bits per heavy atom. The van der Waals surface area contributed by atoms with E-state index in [1.165, 1.54) is 6.33 Å². The Balaban J connectivity index is 3.10. The highest BCUT2D eigenvalue weighted by Crippen LogP contribution is 2.25. The summed E-state index contributed by atoms with van der Waals surface area (Å²) < 4.78 is 0. The van der Waals surface area contributed by atoms with Crippen LogP contribution in [0.5, 0.6) is 0 Å². The van der Waals surface area contributed by atoms with Gasteiger partial charge < -0.3 is 15.4 Å². The molecule has 0 saturated heterocycles. The molecular formula is C12H23N5O. The zero-order valence-corrected chi connectivity index (χ0v) is 11.3. The van der Waals surface area contributed by atoms with Gasteiger partial charge in [-0.3, -0.25) is 0 Å². The van der Waals surface area contributed by atoms with E-state index in [1.807, 2.05) is 6.92 Å². The van der Waals surface area contributed by atoms with Gasteiger partial charge in [0.15, 0.2) is 0 Å². The molecule has 6 nitrogen and oxygen atoms in total. The third-order valence-corrected chi connectivity index (χ3v) is 2.87. The number of aliphatic hydroxyl groups is 1. The maximum absolute atomic E-state index is 8.98. The average Bonchev–Trinajstić information content (AvgIpc) is 2.38. The van der Waals surface area contributed by atoms with E-state index >= 15 is 0 Å². The SMILES string of the molecule is CCc1c(NN)ncnc1N(CCCO)C(C)C. The highest BCUT2D eigenvalue weighted by atomic mass is 16.3. The van der Waals surface area contributed by atoms with Gasteiger partial charge in [-0.25, -0.2) is 15.8 Å². The minimum Gasteiger partial charge on any atom is -0.396 e. The number of hydrogen-bond donors (Lipinski definition) is 3. The van der Waals surface area contributed by atoms with Crippen LogP contribution in [0.15, 0.2) is 6.33 Å². The van der Waals surface area contributed by atoms with Crippen molar-refractivity contribution in [3.8, 4) is 0 Å². The lowest BCUT2D eigenvalue weighted by Gasteiger charge is -2.29. The third kappa shape index (κ3) is 3.30. The van der Waals surface area contributed by atoms with Crippen LogP contribution in [0.2, 0.25) is 0 Å². The van der Waals surface area contributed by atoms with E-state index in [0.29, 0.717) is 11.9 Å². The van der Waals surface area contributed by atoms with Crippen molar-refractivity contribution in [3.63, 3.8) is 0 Å². The number of aromatic nitrogens is 2. The first-order valence-corrected chi connectivity index (χ1v) is 6.33. The summed E-state index contributed by atoms with van der Waals surface area (Å²) in [6.07, 6.45) is 3.03. The zero-order valence-electron chi connectivity index (χ0n) is 11.3. The molecule has 0 saturated carbocycles. The number of hydrogen-bond acceptors (Lipinski definition) is 6. The Labute approximate surface area is 108 Å². The zero-order chi connectivity index (χ0) is 13.5. The topological polar surface area (TPSA) is 87.3 Å². The van der Waals surface area contributed by atoms with Crippen LogP contribution in [0.3, 0.4) is 0 Å². The number of aliphatic hydroxyl groups excluding tert-OH is 1. The van der Waals surface area contributed by atoms with Gasteiger partial charge in [0.1, 0.15) is 18.0 Å². The molecule has 0 amide bonds. The Hall–Kier alpha value is -1.40. The Bertz CT molecular complexity index is 369. The summed E-state index contributed by atoms with van der Waals surface area (Å²) in [4.78, 5) is 10.7. The van der Waals surface area contributed by atoms with Gasteiger partial charge in [-0.1, -0.05) is 6.92 Å². The maximum atomic E-state index is 8.98. The summed E-state index contributed by atoms with van der Waals surface area (Å²) in [5, 5.41) is 8.98. The molecule has 1 rings (SSSR count). The fourth-order valence-corrected chi connectivity index (χ4v) is 1.95. The molecule has 0 atom stereocenters. The first-order chi connectivity index (χ1) is 8.65. The van der Waals surface area contributed by atoms with Gasteiger partial charge in [-0.2, -0.15) is 0 Å². The van der Waals surface area contributed by atoms with Gasteiger partial charge in [0.25, 0.3) is 0 Å². The van der Waals surface area contributed by atoms with E-state index in [4.69, 9.17) is 10.9 Å². The van der Waals surface area contributed by atoms with Crippen molar-refractivity contribution in [2.75, 3.05) is 23.5 Å². The van der Waals surface area contributed by atoms with Crippen LogP contribution < -0.4 is 16.2 Å². The van der Waals surface area contributed by atoms with E-state index < -0.39 is 0 Å². The average molecular weight is 253 g/mol. The molecule has 0 spiro atoms. The second-order valence-electron chi connectivity index (χ2n) is 4.39. The molecule has 0 bridgehead atoms. The summed E-state index contributed by atoms with van der Waals surface area (Å²) in [5.74, 6) is 7.03. The summed E-state index contributed by atoms with van der Waals surface area (Å²) in [6.45, 7) is 7.20. The van der Waals surface area contributed by atoms with Crippen molar-refractivity contribution in [3.05, 3.63) is 11.9 Å². The first kappa shape index (κ1) is 14.7. The molecule has 102 valence electrons. The van der Waals surface area contributed by atoms with E-state index in [2.05, 4.69) is 34.1 Å². The molecule has 0 aliphatic carbocycles. The predicted octanol–water partition coefficient (Wildman–Crippen LogP) is 0.922. The summed E-state index contributed by atoms with van der Waals surface area (Å²) in [5.41, 5.74) is 3.62. The van der Waals surface area contributed by atoms with Gasteiger partial charge in [0.2, 0.25) is 0 Å². The number of hydrazine groups is 1. The number of nitrogens with zero attached hydrogens (tertiary/aromatic N) is 3. The van der Waals surface area contributed by atoms with E-state index in [1.54, 1.807) is 0 Å². The molecule has 0 unspecified atom stereocenters. The highest BCUT2D eigenvalue weighted by molar-refractivity contribution is 5.58. The normalized spacial score (nSPS) is 10.8. The second-order valence-corrected chi connectivity index (χ2v) is 4.39. The molecule has 0 radical (unpaired) electrons. The molecule has 1 aromatic rings. The van der Waals surface area contributed by atoms with Crippen molar-refractivity contribution >= 4 is 11.6 Å². The lowest BCUT2D eigenvalue weighted by atomic mass is 10.1. The second kappa shape index (κ2) is 7.13. The number of rotatable bonds is 7. The lowest BCUT2D eigenvalue weighted by Crippen LogP contribution is -2.34. The van der Waals surface area contributed by atoms with Crippen LogP contribution in [0.1, 0.15) is 32.8 Å². The number of nitrogen functional groups attached to an aromatic ring is 1. The number of anilines is 2. The van der Waals surface area contributed by atoms with Crippen molar-refractivity contribution < 1.29 is 5.11 Å². The number of nitrogens with two attached hydrogens (primary N) is 1. The predicted molar refractivity (Wildman–Crippen MR) is 73.4 cm³/mol. The highest BCUT2D eigenvalue weighted by Gasteiger charge is 2.17. The van der Waals surface area contributed by atoms with Gasteiger partial charge in [-0.05, 0) is 26.7 Å². The van der Waals surface area contributed by atoms with Crippen LogP contribution in [-0.4, -0.2) is 34.3 Å². The molecule has 0 aliphatic rings. The molecule has 4 N–H and O–H groups in total. The van der Waals surface area contributed by atoms with Gasteiger partial charge in [0, 0.05) is 24.8 Å². The molecule has 1 heterocycles. The van der Waals surface area contributed by atoms with E-state index in [0.717, 1.165) is 30.8 Å². The van der Waals surface area contributed by atoms with Crippen molar-refractivity contribution in [2.24, 2.45) is 5.84 Å². The van der Waals surface area contributed by atoms with Crippen molar-refractivity contribution in [1.82, 2.24) is 9.97 Å². The third-order valence-electron chi connectivity index (χ3n) is 2.87. The summed E-state index contributed by atoms with van der Waals surface area (Å²) in [7, 11) is 0. The number of nitrogens with one attached hydrogen (secondary N) is 1. The fourth-order valence-electron chi connectivity index (χ4n) is 1.95. The molecule has 0 aromatic carbocycles. The van der Waals surface area contributed by atoms with Crippen LogP contribution >= 0.6 is 0 Å².